The molecule has 1 aromatic carbocycles. The molecule has 4 fully saturated rings. The van der Waals surface area contributed by atoms with Crippen LogP contribution in [0.3, 0.4) is 0 Å². The summed E-state index contributed by atoms with van der Waals surface area (Å²) in [6.07, 6.45) is 7.83. The Morgan fingerprint density at radius 2 is 1.84 bits per heavy atom. The van der Waals surface area contributed by atoms with E-state index in [0.29, 0.717) is 41.5 Å². The van der Waals surface area contributed by atoms with E-state index in [1.54, 1.807) is 0 Å². The fraction of sp³-hybridized carbons (Fsp3) is 0.692. The van der Waals surface area contributed by atoms with Gasteiger partial charge in [-0.1, -0.05) is 25.1 Å². The number of halogens is 1. The molecule has 2 heterocycles. The molecule has 4 nitrogen and oxygen atoms in total. The van der Waals surface area contributed by atoms with Crippen LogP contribution >= 0.6 is 11.6 Å². The first-order valence-corrected chi connectivity index (χ1v) is 12.6. The Hall–Kier alpha value is -1.55. The second-order valence-corrected chi connectivity index (χ2v) is 11.1. The van der Waals surface area contributed by atoms with Crippen LogP contribution in [0.1, 0.15) is 75.6 Å². The number of amides is 1. The van der Waals surface area contributed by atoms with Gasteiger partial charge in [0.2, 0.25) is 5.91 Å². The molecule has 5 rings (SSSR count). The molecule has 0 N–H and O–H groups in total. The van der Waals surface area contributed by atoms with Gasteiger partial charge in [0.25, 0.3) is 0 Å². The molecule has 2 aliphatic carbocycles. The summed E-state index contributed by atoms with van der Waals surface area (Å²) in [5.74, 6) is 2.19. The van der Waals surface area contributed by atoms with E-state index in [1.165, 1.54) is 0 Å². The van der Waals surface area contributed by atoms with Crippen LogP contribution in [0.15, 0.2) is 30.3 Å². The van der Waals surface area contributed by atoms with Crippen LogP contribution in [-0.4, -0.2) is 40.3 Å². The van der Waals surface area contributed by atoms with Gasteiger partial charge in [-0.25, -0.2) is 4.79 Å². The largest absolute Gasteiger partial charge is 0.458 e. The highest BCUT2D eigenvalue weighted by Crippen LogP contribution is 2.62. The van der Waals surface area contributed by atoms with Crippen molar-refractivity contribution in [2.24, 2.45) is 23.2 Å². The molecule has 0 unspecified atom stereocenters. The Kier molecular flexibility index (Phi) is 5.36. The van der Waals surface area contributed by atoms with Crippen LogP contribution in [0.5, 0.6) is 0 Å². The first-order valence-electron chi connectivity index (χ1n) is 12.0. The van der Waals surface area contributed by atoms with Crippen molar-refractivity contribution < 1.29 is 14.3 Å². The third-order valence-corrected chi connectivity index (χ3v) is 9.80. The van der Waals surface area contributed by atoms with Crippen LogP contribution in [0.2, 0.25) is 0 Å². The summed E-state index contributed by atoms with van der Waals surface area (Å²) >= 11 is 6.27. The van der Waals surface area contributed by atoms with Crippen LogP contribution in [0.4, 0.5) is 0 Å². The Labute approximate surface area is 190 Å². The summed E-state index contributed by atoms with van der Waals surface area (Å²) < 4.78 is 6.11. The monoisotopic (exact) mass is 443 g/mol. The van der Waals surface area contributed by atoms with Gasteiger partial charge in [0.1, 0.15) is 6.10 Å². The van der Waals surface area contributed by atoms with Gasteiger partial charge in [-0.3, -0.25) is 4.79 Å². The molecule has 2 saturated carbocycles. The predicted molar refractivity (Wildman–Crippen MR) is 121 cm³/mol. The molecule has 5 heteroatoms. The van der Waals surface area contributed by atoms with Gasteiger partial charge in [-0.15, -0.1) is 11.6 Å². The van der Waals surface area contributed by atoms with E-state index in [1.807, 2.05) is 30.3 Å². The second kappa shape index (κ2) is 7.79. The average molecular weight is 444 g/mol. The summed E-state index contributed by atoms with van der Waals surface area (Å²) in [6, 6.07) is 9.52. The molecule has 7 atom stereocenters. The number of fused-ring (bicyclic) bond motifs is 5. The predicted octanol–water partition coefficient (Wildman–Crippen LogP) is 5.44. The van der Waals surface area contributed by atoms with Gasteiger partial charge in [0, 0.05) is 29.3 Å². The van der Waals surface area contributed by atoms with Gasteiger partial charge in [-0.2, -0.15) is 0 Å². The van der Waals surface area contributed by atoms with Crippen LogP contribution in [0, 0.1) is 23.2 Å². The zero-order valence-electron chi connectivity index (χ0n) is 18.7. The number of alkyl halides is 1. The highest BCUT2D eigenvalue weighted by Gasteiger charge is 2.62. The third kappa shape index (κ3) is 3.23. The molecule has 0 radical (unpaired) electrons. The number of rotatable bonds is 3. The lowest BCUT2D eigenvalue weighted by atomic mass is 9.55. The number of esters is 1. The highest BCUT2D eigenvalue weighted by molar-refractivity contribution is 6.18. The lowest BCUT2D eigenvalue weighted by Gasteiger charge is -2.53. The quantitative estimate of drug-likeness (QED) is 0.461. The minimum Gasteiger partial charge on any atom is -0.458 e. The number of carbonyl (C=O) groups excluding carboxylic acids is 2. The van der Waals surface area contributed by atoms with Crippen LogP contribution < -0.4 is 0 Å². The molecule has 2 saturated heterocycles. The van der Waals surface area contributed by atoms with E-state index >= 15 is 0 Å². The van der Waals surface area contributed by atoms with E-state index < -0.39 is 0 Å². The molecule has 1 amide bonds. The fourth-order valence-corrected chi connectivity index (χ4v) is 8.21. The van der Waals surface area contributed by atoms with Crippen molar-refractivity contribution in [3.8, 4) is 0 Å². The summed E-state index contributed by atoms with van der Waals surface area (Å²) in [6.45, 7) is 4.66. The number of ether oxygens (including phenoxy) is 1. The minimum atomic E-state index is -0.204. The zero-order chi connectivity index (χ0) is 21.8. The molecule has 0 bridgehead atoms. The highest BCUT2D eigenvalue weighted by atomic mass is 35.5. The smallest absolute Gasteiger partial charge is 0.338 e. The van der Waals surface area contributed by atoms with E-state index in [2.05, 4.69) is 18.7 Å². The first-order chi connectivity index (χ1) is 14.9. The standard InChI is InChI=1S/C26H34ClNO3/c1-25-14-13-21-19(8-11-23(29)28-18(16-27)12-15-26(21,28)2)20(25)9-10-22(25)31-24(30)17-6-4-3-5-7-17/h3-7,18-22H,8-16H2,1-2H3/t18-,19+,20+,21+,22+,25+,26-/m1/s1. The molecule has 4 aliphatic rings. The van der Waals surface area contributed by atoms with Crippen molar-refractivity contribution in [3.05, 3.63) is 35.9 Å². The van der Waals surface area contributed by atoms with E-state index in [-0.39, 0.29) is 29.1 Å². The van der Waals surface area contributed by atoms with Gasteiger partial charge < -0.3 is 9.64 Å². The third-order valence-electron chi connectivity index (χ3n) is 9.45. The van der Waals surface area contributed by atoms with Crippen molar-refractivity contribution >= 4 is 23.5 Å². The van der Waals surface area contributed by atoms with E-state index in [4.69, 9.17) is 16.3 Å². The molecule has 0 spiro atoms. The molecular weight excluding hydrogens is 410 g/mol. The molecule has 168 valence electrons. The van der Waals surface area contributed by atoms with Crippen molar-refractivity contribution in [1.82, 2.24) is 4.90 Å². The Morgan fingerprint density at radius 1 is 1.06 bits per heavy atom. The van der Waals surface area contributed by atoms with Crippen molar-refractivity contribution in [1.29, 1.82) is 0 Å². The lowest BCUT2D eigenvalue weighted by Crippen LogP contribution is -2.56. The summed E-state index contributed by atoms with van der Waals surface area (Å²) in [7, 11) is 0. The molecule has 31 heavy (non-hydrogen) atoms. The average Bonchev–Trinajstić information content (AvgIpc) is 3.26. The summed E-state index contributed by atoms with van der Waals surface area (Å²) in [5.41, 5.74) is 0.562. The number of nitrogens with zero attached hydrogens (tertiary/aromatic N) is 1. The maximum atomic E-state index is 13.2. The summed E-state index contributed by atoms with van der Waals surface area (Å²) in [5, 5.41) is 0. The molecule has 0 aromatic heterocycles. The molecule has 1 aromatic rings. The molecular formula is C26H34ClNO3. The van der Waals surface area contributed by atoms with E-state index in [0.717, 1.165) is 44.9 Å². The van der Waals surface area contributed by atoms with Crippen molar-refractivity contribution in [2.45, 2.75) is 82.9 Å². The van der Waals surface area contributed by atoms with Crippen molar-refractivity contribution in [2.75, 3.05) is 5.88 Å². The SMILES string of the molecule is C[C@]12CC[C@H]3[C@@H](CCC(=O)N4[C@@H](CCl)CC[C@]34C)[C@@H]1CC[C@@H]2OC(=O)c1ccccc1. The Bertz CT molecular complexity index is 859. The van der Waals surface area contributed by atoms with Crippen LogP contribution in [-0.2, 0) is 9.53 Å². The minimum absolute atomic E-state index is 0.00464. The Balaban J connectivity index is 1.39. The fourth-order valence-electron chi connectivity index (χ4n) is 7.91. The van der Waals surface area contributed by atoms with Gasteiger partial charge in [-0.05, 0) is 81.8 Å². The zero-order valence-corrected chi connectivity index (χ0v) is 19.4. The van der Waals surface area contributed by atoms with Crippen molar-refractivity contribution in [3.63, 3.8) is 0 Å². The normalized spacial score (nSPS) is 41.8. The summed E-state index contributed by atoms with van der Waals surface area (Å²) in [4.78, 5) is 28.1. The lowest BCUT2D eigenvalue weighted by molar-refractivity contribution is -0.138. The van der Waals surface area contributed by atoms with Gasteiger partial charge >= 0.3 is 5.97 Å². The second-order valence-electron chi connectivity index (χ2n) is 10.8. The number of carbonyl (C=O) groups is 2. The number of hydrogen-bond acceptors (Lipinski definition) is 3. The van der Waals surface area contributed by atoms with E-state index in [9.17, 15) is 9.59 Å². The number of hydrogen-bond donors (Lipinski definition) is 0. The van der Waals surface area contributed by atoms with Crippen LogP contribution in [0.25, 0.3) is 0 Å². The van der Waals surface area contributed by atoms with Gasteiger partial charge in [0.15, 0.2) is 0 Å². The Morgan fingerprint density at radius 3 is 2.58 bits per heavy atom. The number of benzene rings is 1. The topological polar surface area (TPSA) is 46.6 Å². The molecule has 2 aliphatic heterocycles. The maximum absolute atomic E-state index is 13.2. The first kappa shape index (κ1) is 21.3. The maximum Gasteiger partial charge on any atom is 0.338 e. The van der Waals surface area contributed by atoms with Gasteiger partial charge in [0.05, 0.1) is 5.56 Å².